The van der Waals surface area contributed by atoms with Gasteiger partial charge in [-0.25, -0.2) is 9.37 Å². The lowest BCUT2D eigenvalue weighted by molar-refractivity contribution is -0.124. The number of aromatic nitrogens is 2. The van der Waals surface area contributed by atoms with E-state index >= 15 is 0 Å². The number of nitrogens with two attached hydrogens (primary N) is 1. The van der Waals surface area contributed by atoms with Crippen molar-refractivity contribution in [1.29, 1.82) is 0 Å². The Labute approximate surface area is 178 Å². The van der Waals surface area contributed by atoms with Gasteiger partial charge < -0.3 is 15.6 Å². The third-order valence-electron chi connectivity index (χ3n) is 5.47. The number of halogens is 3. The molecule has 5 nitrogen and oxygen atoms in total. The molecule has 1 aromatic heterocycles. The average Bonchev–Trinajstić information content (AvgIpc) is 3.06. The zero-order chi connectivity index (χ0) is 18.6. The smallest absolute Gasteiger partial charge is 0.220 e. The van der Waals surface area contributed by atoms with E-state index in [1.807, 2.05) is 13.0 Å². The van der Waals surface area contributed by atoms with Crippen LogP contribution < -0.4 is 11.1 Å². The van der Waals surface area contributed by atoms with Crippen molar-refractivity contribution in [3.05, 3.63) is 47.8 Å². The zero-order valence-corrected chi connectivity index (χ0v) is 17.8. The first-order valence-corrected chi connectivity index (χ1v) is 9.28. The Kier molecular flexibility index (Phi) is 9.40. The minimum Gasteiger partial charge on any atom is -0.352 e. The van der Waals surface area contributed by atoms with Gasteiger partial charge in [0.2, 0.25) is 5.91 Å². The van der Waals surface area contributed by atoms with Crippen LogP contribution in [-0.2, 0) is 11.3 Å². The number of rotatable bonds is 6. The first kappa shape index (κ1) is 24.4. The van der Waals surface area contributed by atoms with Crippen LogP contribution in [0.4, 0.5) is 4.39 Å². The molecule has 8 heteroatoms. The highest BCUT2D eigenvalue weighted by Crippen LogP contribution is 2.38. The molecule has 1 saturated carbocycles. The first-order valence-electron chi connectivity index (χ1n) is 9.28. The van der Waals surface area contributed by atoms with Crippen LogP contribution in [-0.4, -0.2) is 22.0 Å². The number of amides is 1. The van der Waals surface area contributed by atoms with Gasteiger partial charge in [0.25, 0.3) is 0 Å². The second-order valence-electron chi connectivity index (χ2n) is 7.35. The molecule has 2 aromatic rings. The highest BCUT2D eigenvalue weighted by molar-refractivity contribution is 5.85. The maximum absolute atomic E-state index is 14.4. The predicted octanol–water partition coefficient (Wildman–Crippen LogP) is 4.08. The molecule has 1 aliphatic rings. The van der Waals surface area contributed by atoms with Gasteiger partial charge >= 0.3 is 0 Å². The average molecular weight is 431 g/mol. The number of hydrogen-bond acceptors (Lipinski definition) is 3. The Morgan fingerprint density at radius 1 is 1.29 bits per heavy atom. The lowest BCUT2D eigenvalue weighted by Crippen LogP contribution is -2.38. The molecule has 28 heavy (non-hydrogen) atoms. The second kappa shape index (κ2) is 10.8. The van der Waals surface area contributed by atoms with Gasteiger partial charge in [0.05, 0.1) is 5.69 Å². The summed E-state index contributed by atoms with van der Waals surface area (Å²) in [5.74, 6) is 0.389. The molecule has 3 rings (SSSR count). The number of hydrogen-bond donors (Lipinski definition) is 2. The molecule has 0 atom stereocenters. The minimum atomic E-state index is -0.330. The second-order valence-corrected chi connectivity index (χ2v) is 7.35. The summed E-state index contributed by atoms with van der Waals surface area (Å²) in [6, 6.07) is 5.01. The van der Waals surface area contributed by atoms with Gasteiger partial charge in [-0.2, -0.15) is 0 Å². The van der Waals surface area contributed by atoms with E-state index in [1.54, 1.807) is 23.0 Å². The van der Waals surface area contributed by atoms with Gasteiger partial charge in [0.1, 0.15) is 11.6 Å². The molecule has 0 spiro atoms. The SMILES string of the molecule is Cc1nccn1-c1ccc(CNC(=O)CC2(CN)CCCCC2)cc1F.Cl.Cl. The summed E-state index contributed by atoms with van der Waals surface area (Å²) in [4.78, 5) is 16.5. The maximum atomic E-state index is 14.4. The normalized spacial score (nSPS) is 15.2. The Hall–Kier alpha value is -1.63. The van der Waals surface area contributed by atoms with Crippen molar-refractivity contribution >= 4 is 30.7 Å². The van der Waals surface area contributed by atoms with Crippen molar-refractivity contribution in [3.8, 4) is 5.69 Å². The highest BCUT2D eigenvalue weighted by atomic mass is 35.5. The largest absolute Gasteiger partial charge is 0.352 e. The van der Waals surface area contributed by atoms with E-state index in [2.05, 4.69) is 10.3 Å². The number of carbonyl (C=O) groups is 1. The number of carbonyl (C=O) groups excluding carboxylic acids is 1. The fraction of sp³-hybridized carbons (Fsp3) is 0.500. The summed E-state index contributed by atoms with van der Waals surface area (Å²) >= 11 is 0. The van der Waals surface area contributed by atoms with E-state index < -0.39 is 0 Å². The molecule has 156 valence electrons. The van der Waals surface area contributed by atoms with Crippen LogP contribution in [0.25, 0.3) is 5.69 Å². The molecule has 1 amide bonds. The molecule has 3 N–H and O–H groups in total. The molecular weight excluding hydrogens is 402 g/mol. The van der Waals surface area contributed by atoms with Crippen molar-refractivity contribution < 1.29 is 9.18 Å². The van der Waals surface area contributed by atoms with Gasteiger partial charge in [0, 0.05) is 25.4 Å². The monoisotopic (exact) mass is 430 g/mol. The van der Waals surface area contributed by atoms with Crippen LogP contribution in [0.2, 0.25) is 0 Å². The van der Waals surface area contributed by atoms with Gasteiger partial charge in [-0.15, -0.1) is 24.8 Å². The third kappa shape index (κ3) is 5.69. The molecule has 0 unspecified atom stereocenters. The highest BCUT2D eigenvalue weighted by Gasteiger charge is 2.32. The van der Waals surface area contributed by atoms with E-state index in [9.17, 15) is 9.18 Å². The van der Waals surface area contributed by atoms with E-state index in [-0.39, 0.29) is 42.0 Å². The van der Waals surface area contributed by atoms with E-state index in [1.165, 1.54) is 12.5 Å². The summed E-state index contributed by atoms with van der Waals surface area (Å²) in [7, 11) is 0. The molecule has 1 heterocycles. The number of nitrogens with one attached hydrogen (secondary N) is 1. The summed E-state index contributed by atoms with van der Waals surface area (Å²) < 4.78 is 16.1. The molecule has 1 aromatic carbocycles. The Morgan fingerprint density at radius 2 is 2.00 bits per heavy atom. The lowest BCUT2D eigenvalue weighted by Gasteiger charge is -2.35. The standard InChI is InChI=1S/C20H27FN4O.2ClH/c1-15-23-9-10-25(15)18-6-5-16(11-17(18)21)13-24-19(26)12-20(14-22)7-3-2-4-8-20;;/h5-6,9-11H,2-4,7-8,12-14,22H2,1H3,(H,24,26);2*1H. The molecule has 0 aliphatic heterocycles. The number of aryl methyl sites for hydroxylation is 1. The summed E-state index contributed by atoms with van der Waals surface area (Å²) in [5, 5.41) is 2.92. The Morgan fingerprint density at radius 3 is 2.57 bits per heavy atom. The van der Waals surface area contributed by atoms with Crippen molar-refractivity contribution in [1.82, 2.24) is 14.9 Å². The predicted molar refractivity (Wildman–Crippen MR) is 114 cm³/mol. The van der Waals surface area contributed by atoms with E-state index in [4.69, 9.17) is 5.73 Å². The molecule has 0 radical (unpaired) electrons. The zero-order valence-electron chi connectivity index (χ0n) is 16.1. The molecule has 0 bridgehead atoms. The lowest BCUT2D eigenvalue weighted by atomic mass is 9.71. The van der Waals surface area contributed by atoms with E-state index in [0.29, 0.717) is 25.2 Å². The Balaban J connectivity index is 0.00000196. The van der Waals surface area contributed by atoms with Crippen LogP contribution in [0.5, 0.6) is 0 Å². The van der Waals surface area contributed by atoms with Gasteiger partial charge in [-0.3, -0.25) is 4.79 Å². The number of imidazole rings is 1. The van der Waals surface area contributed by atoms with E-state index in [0.717, 1.165) is 37.1 Å². The topological polar surface area (TPSA) is 72.9 Å². The number of benzene rings is 1. The van der Waals surface area contributed by atoms with Crippen molar-refractivity contribution in [2.45, 2.75) is 52.0 Å². The van der Waals surface area contributed by atoms with Gasteiger partial charge in [-0.1, -0.05) is 25.3 Å². The van der Waals surface area contributed by atoms with Gasteiger partial charge in [0.15, 0.2) is 0 Å². The van der Waals surface area contributed by atoms with Crippen LogP contribution in [0.1, 0.15) is 49.9 Å². The maximum Gasteiger partial charge on any atom is 0.220 e. The first-order chi connectivity index (χ1) is 12.5. The third-order valence-corrected chi connectivity index (χ3v) is 5.47. The molecule has 0 saturated heterocycles. The molecular formula is C20H29Cl2FN4O. The summed E-state index contributed by atoms with van der Waals surface area (Å²) in [5.41, 5.74) is 7.09. The van der Waals surface area contributed by atoms with Crippen LogP contribution in [0.15, 0.2) is 30.6 Å². The molecule has 1 fully saturated rings. The van der Waals surface area contributed by atoms with Crippen LogP contribution in [0.3, 0.4) is 0 Å². The fourth-order valence-corrected chi connectivity index (χ4v) is 3.85. The quantitative estimate of drug-likeness (QED) is 0.724. The summed E-state index contributed by atoms with van der Waals surface area (Å²) in [6.07, 6.45) is 9.38. The van der Waals surface area contributed by atoms with Crippen molar-refractivity contribution in [2.24, 2.45) is 11.1 Å². The van der Waals surface area contributed by atoms with Crippen molar-refractivity contribution in [3.63, 3.8) is 0 Å². The molecule has 1 aliphatic carbocycles. The summed E-state index contributed by atoms with van der Waals surface area (Å²) in [6.45, 7) is 2.69. The minimum absolute atomic E-state index is 0. The number of nitrogens with zero attached hydrogens (tertiary/aromatic N) is 2. The fourth-order valence-electron chi connectivity index (χ4n) is 3.85. The van der Waals surface area contributed by atoms with Crippen molar-refractivity contribution in [2.75, 3.05) is 6.54 Å². The van der Waals surface area contributed by atoms with Crippen LogP contribution in [0, 0.1) is 18.2 Å². The van der Waals surface area contributed by atoms with Crippen LogP contribution >= 0.6 is 24.8 Å². The Bertz CT molecular complexity index is 775. The van der Waals surface area contributed by atoms with Gasteiger partial charge in [-0.05, 0) is 49.4 Å².